The lowest BCUT2D eigenvalue weighted by Gasteiger charge is -2.23. The second kappa shape index (κ2) is 12.2. The molecule has 6 rings (SSSR count). The molecule has 46 heavy (non-hydrogen) atoms. The predicted molar refractivity (Wildman–Crippen MR) is 154 cm³/mol. The van der Waals surface area contributed by atoms with Crippen LogP contribution in [0.4, 0.5) is 32.4 Å². The van der Waals surface area contributed by atoms with Crippen molar-refractivity contribution in [2.24, 2.45) is 18.9 Å². The zero-order chi connectivity index (χ0) is 32.9. The van der Waals surface area contributed by atoms with Gasteiger partial charge in [0.15, 0.2) is 11.5 Å². The summed E-state index contributed by atoms with van der Waals surface area (Å²) in [5.74, 6) is -1.16. The fraction of sp³-hybridized carbons (Fsp3) is 0.464. The van der Waals surface area contributed by atoms with E-state index in [1.165, 1.54) is 25.2 Å². The molecule has 3 fully saturated rings. The summed E-state index contributed by atoms with van der Waals surface area (Å²) in [6.07, 6.45) is -5.13. The third-order valence-electron chi connectivity index (χ3n) is 8.46. The molecule has 246 valence electrons. The fourth-order valence-electron chi connectivity index (χ4n) is 6.07. The van der Waals surface area contributed by atoms with Gasteiger partial charge in [-0.05, 0) is 31.2 Å². The van der Waals surface area contributed by atoms with Crippen LogP contribution in [-0.4, -0.2) is 86.8 Å². The smallest absolute Gasteiger partial charge is 0.349 e. The molecule has 2 saturated heterocycles. The van der Waals surface area contributed by atoms with Gasteiger partial charge in [-0.3, -0.25) is 14.3 Å². The second-order valence-corrected chi connectivity index (χ2v) is 12.0. The fourth-order valence-corrected chi connectivity index (χ4v) is 6.33. The van der Waals surface area contributed by atoms with Gasteiger partial charge in [0.25, 0.3) is 18.2 Å². The molecule has 1 aromatic carbocycles. The topological polar surface area (TPSA) is 138 Å². The minimum atomic E-state index is -4.94. The number of imidazole rings is 1. The number of piperidine rings is 1. The first kappa shape index (κ1) is 31.7. The number of nitrogens with one attached hydrogen (secondary N) is 4. The zero-order valence-corrected chi connectivity index (χ0v) is 25.0. The number of likely N-dealkylation sites (tertiary alicyclic amines) is 1. The van der Waals surface area contributed by atoms with Crippen molar-refractivity contribution < 1.29 is 36.3 Å². The molecule has 0 bridgehead atoms. The van der Waals surface area contributed by atoms with Gasteiger partial charge in [0.1, 0.15) is 6.54 Å². The quantitative estimate of drug-likeness (QED) is 0.272. The average Bonchev–Trinajstić information content (AvgIpc) is 3.58. The van der Waals surface area contributed by atoms with Crippen molar-refractivity contribution in [2.75, 3.05) is 31.5 Å². The van der Waals surface area contributed by atoms with Gasteiger partial charge in [-0.15, -0.1) is 0 Å². The SMILES string of the molecule is Cn1c(-c2cn(CC(F)F)nc2C(F)(F)F)cnc1C(=O)Nc1ccc(C(=O)N[C@H]2[C@@H]3CN(C(=O)N[C@H]4CCNC4)C[C@@H]32)c(Cl)c1. The molecule has 1 saturated carbocycles. The van der Waals surface area contributed by atoms with Gasteiger partial charge in [0.05, 0.1) is 28.0 Å². The Morgan fingerprint density at radius 3 is 2.50 bits per heavy atom. The molecule has 0 spiro atoms. The van der Waals surface area contributed by atoms with Gasteiger partial charge in [0.2, 0.25) is 0 Å². The van der Waals surface area contributed by atoms with Crippen LogP contribution in [0.5, 0.6) is 0 Å². The van der Waals surface area contributed by atoms with E-state index in [0.29, 0.717) is 17.8 Å². The number of hydrogen-bond acceptors (Lipinski definition) is 6. The molecule has 4 heterocycles. The molecule has 2 aliphatic heterocycles. The predicted octanol–water partition coefficient (Wildman–Crippen LogP) is 3.20. The molecule has 4 atom stereocenters. The number of benzene rings is 1. The largest absolute Gasteiger partial charge is 0.435 e. The van der Waals surface area contributed by atoms with Crippen LogP contribution in [0, 0.1) is 11.8 Å². The van der Waals surface area contributed by atoms with Crippen molar-refractivity contribution in [1.82, 2.24) is 40.2 Å². The number of carbonyl (C=O) groups is 3. The van der Waals surface area contributed by atoms with Crippen LogP contribution < -0.4 is 21.3 Å². The highest BCUT2D eigenvalue weighted by atomic mass is 35.5. The molecule has 4 amide bonds. The first-order valence-corrected chi connectivity index (χ1v) is 14.8. The number of anilines is 1. The molecule has 12 nitrogen and oxygen atoms in total. The Balaban J connectivity index is 1.06. The number of halogens is 6. The first-order valence-electron chi connectivity index (χ1n) is 14.4. The first-order chi connectivity index (χ1) is 21.8. The van der Waals surface area contributed by atoms with E-state index >= 15 is 0 Å². The highest BCUT2D eigenvalue weighted by Gasteiger charge is 2.57. The van der Waals surface area contributed by atoms with Crippen LogP contribution in [0.1, 0.15) is 33.1 Å². The summed E-state index contributed by atoms with van der Waals surface area (Å²) in [5.41, 5.74) is -1.70. The Morgan fingerprint density at radius 1 is 1.13 bits per heavy atom. The lowest BCUT2D eigenvalue weighted by atomic mass is 10.2. The minimum absolute atomic E-state index is 0.0501. The lowest BCUT2D eigenvalue weighted by molar-refractivity contribution is -0.141. The van der Waals surface area contributed by atoms with E-state index in [-0.39, 0.29) is 57.7 Å². The Bertz CT molecular complexity index is 1660. The van der Waals surface area contributed by atoms with Crippen molar-refractivity contribution in [3.8, 4) is 11.3 Å². The van der Waals surface area contributed by atoms with Crippen molar-refractivity contribution in [2.45, 2.75) is 37.7 Å². The number of aromatic nitrogens is 4. The van der Waals surface area contributed by atoms with E-state index in [9.17, 15) is 36.3 Å². The molecule has 1 aliphatic carbocycles. The van der Waals surface area contributed by atoms with E-state index in [0.717, 1.165) is 36.5 Å². The average molecular weight is 670 g/mol. The maximum absolute atomic E-state index is 13.6. The Kier molecular flexibility index (Phi) is 8.39. The van der Waals surface area contributed by atoms with E-state index < -0.39 is 42.2 Å². The van der Waals surface area contributed by atoms with Crippen molar-refractivity contribution in [3.05, 3.63) is 52.7 Å². The normalized spacial score (nSPS) is 22.2. The highest BCUT2D eigenvalue weighted by Crippen LogP contribution is 2.45. The van der Waals surface area contributed by atoms with Crippen LogP contribution in [0.15, 0.2) is 30.6 Å². The number of hydrogen-bond donors (Lipinski definition) is 4. The van der Waals surface area contributed by atoms with Gasteiger partial charge in [-0.1, -0.05) is 11.6 Å². The molecular formula is C28H29ClF5N9O3. The minimum Gasteiger partial charge on any atom is -0.349 e. The molecule has 0 radical (unpaired) electrons. The number of urea groups is 1. The number of carbonyl (C=O) groups excluding carboxylic acids is 3. The van der Waals surface area contributed by atoms with Gasteiger partial charge in [-0.25, -0.2) is 18.6 Å². The Morgan fingerprint density at radius 2 is 1.87 bits per heavy atom. The monoisotopic (exact) mass is 669 g/mol. The van der Waals surface area contributed by atoms with E-state index in [2.05, 4.69) is 31.3 Å². The molecule has 18 heteroatoms. The zero-order valence-electron chi connectivity index (χ0n) is 24.2. The van der Waals surface area contributed by atoms with Gasteiger partial charge in [0, 0.05) is 62.5 Å². The van der Waals surface area contributed by atoms with Gasteiger partial charge >= 0.3 is 12.2 Å². The highest BCUT2D eigenvalue weighted by molar-refractivity contribution is 6.34. The van der Waals surface area contributed by atoms with Gasteiger partial charge in [-0.2, -0.15) is 18.3 Å². The summed E-state index contributed by atoms with van der Waals surface area (Å²) in [5, 5.41) is 15.0. The van der Waals surface area contributed by atoms with Crippen LogP contribution in [0.3, 0.4) is 0 Å². The van der Waals surface area contributed by atoms with Crippen LogP contribution in [-0.2, 0) is 19.8 Å². The Hall–Kier alpha value is -4.25. The van der Waals surface area contributed by atoms with Gasteiger partial charge < -0.3 is 30.7 Å². The number of amides is 4. The Labute approximate surface area is 263 Å². The summed E-state index contributed by atoms with van der Waals surface area (Å²) in [6.45, 7) is 1.68. The molecule has 0 unspecified atom stereocenters. The van der Waals surface area contributed by atoms with Crippen LogP contribution in [0.25, 0.3) is 11.3 Å². The summed E-state index contributed by atoms with van der Waals surface area (Å²) >= 11 is 6.37. The second-order valence-electron chi connectivity index (χ2n) is 11.5. The molecule has 4 N–H and O–H groups in total. The van der Waals surface area contributed by atoms with Crippen molar-refractivity contribution in [1.29, 1.82) is 0 Å². The number of nitrogens with zero attached hydrogens (tertiary/aromatic N) is 5. The van der Waals surface area contributed by atoms with Crippen LogP contribution in [0.2, 0.25) is 5.02 Å². The van der Waals surface area contributed by atoms with E-state index in [4.69, 9.17) is 11.6 Å². The molecule has 2 aromatic heterocycles. The molecular weight excluding hydrogens is 641 g/mol. The van der Waals surface area contributed by atoms with Crippen molar-refractivity contribution >= 4 is 35.1 Å². The van der Waals surface area contributed by atoms with Crippen molar-refractivity contribution in [3.63, 3.8) is 0 Å². The number of fused-ring (bicyclic) bond motifs is 1. The third kappa shape index (κ3) is 6.38. The molecule has 3 aliphatic rings. The standard InChI is InChI=1S/C28H29ClF5N9O3/c1-41-20(18-11-43(12-21(30)31)40-23(18)28(32,33)34)8-36-24(41)26(45)37-13-2-3-15(19(29)6-13)25(44)39-22-16-9-42(10-17(16)22)27(46)38-14-4-5-35-7-14/h2-3,6,8,11,14,16-17,21-22,35H,4-5,7,9-10,12H2,1H3,(H,37,45)(H,38,46)(H,39,44)/t14-,16-,17+,22+/m0/s1. The maximum Gasteiger partial charge on any atom is 0.435 e. The summed E-state index contributed by atoms with van der Waals surface area (Å²) in [4.78, 5) is 44.1. The molecule has 3 aromatic rings. The maximum atomic E-state index is 13.6. The van der Waals surface area contributed by atoms with E-state index in [1.807, 2.05) is 0 Å². The number of rotatable bonds is 8. The summed E-state index contributed by atoms with van der Waals surface area (Å²) in [6, 6.07) is 4.17. The van der Waals surface area contributed by atoms with Crippen LogP contribution >= 0.6 is 11.6 Å². The summed E-state index contributed by atoms with van der Waals surface area (Å²) in [7, 11) is 1.30. The lowest BCUT2D eigenvalue weighted by Crippen LogP contribution is -2.46. The third-order valence-corrected chi connectivity index (χ3v) is 8.77. The number of alkyl halides is 5. The summed E-state index contributed by atoms with van der Waals surface area (Å²) < 4.78 is 68.0. The van der Waals surface area contributed by atoms with E-state index in [1.54, 1.807) is 4.90 Å².